The fraction of sp³-hybridized carbons (Fsp3) is 0.391. The molecule has 3 rings (SSSR count). The van der Waals surface area contributed by atoms with Gasteiger partial charge in [0, 0.05) is 26.1 Å². The van der Waals surface area contributed by atoms with Crippen molar-refractivity contribution >= 4 is 29.5 Å². The monoisotopic (exact) mass is 475 g/mol. The van der Waals surface area contributed by atoms with Gasteiger partial charge >= 0.3 is 5.97 Å². The maximum absolute atomic E-state index is 13.9. The summed E-state index contributed by atoms with van der Waals surface area (Å²) in [6, 6.07) is 0.899. The third kappa shape index (κ3) is 7.18. The van der Waals surface area contributed by atoms with E-state index in [0.29, 0.717) is 31.7 Å². The minimum Gasteiger partial charge on any atom is -0.456 e. The Hall–Kier alpha value is -3.14. The lowest BCUT2D eigenvalue weighted by Gasteiger charge is -2.32. The molecule has 0 saturated carbocycles. The summed E-state index contributed by atoms with van der Waals surface area (Å²) in [7, 11) is 0. The molecule has 2 heterocycles. The van der Waals surface area contributed by atoms with Crippen molar-refractivity contribution < 1.29 is 28.2 Å². The summed E-state index contributed by atoms with van der Waals surface area (Å²) >= 11 is 1.59. The number of carbonyl (C=O) groups is 3. The van der Waals surface area contributed by atoms with Gasteiger partial charge < -0.3 is 19.7 Å². The molecular weight excluding hydrogens is 449 g/mol. The molecule has 0 bridgehead atoms. The number of ether oxygens (including phenoxy) is 2. The molecule has 2 amide bonds. The molecule has 0 radical (unpaired) electrons. The molecule has 1 saturated heterocycles. The lowest BCUT2D eigenvalue weighted by Crippen LogP contribution is -2.47. The van der Waals surface area contributed by atoms with Gasteiger partial charge in [-0.2, -0.15) is 0 Å². The summed E-state index contributed by atoms with van der Waals surface area (Å²) in [6.07, 6.45) is 12.3. The highest BCUT2D eigenvalue weighted by atomic mass is 32.2. The van der Waals surface area contributed by atoms with Crippen molar-refractivity contribution in [1.29, 1.82) is 0 Å². The summed E-state index contributed by atoms with van der Waals surface area (Å²) in [5, 5.41) is 2.88. The number of hydrogen-bond acceptors (Lipinski definition) is 7. The van der Waals surface area contributed by atoms with Crippen LogP contribution >= 0.6 is 11.8 Å². The van der Waals surface area contributed by atoms with Crippen LogP contribution in [0, 0.1) is 5.82 Å². The number of piperidine rings is 1. The number of pyridine rings is 1. The minimum absolute atomic E-state index is 0.00316. The number of amides is 2. The van der Waals surface area contributed by atoms with Gasteiger partial charge in [0.05, 0.1) is 6.20 Å². The molecular formula is C23H26FN3O5S. The van der Waals surface area contributed by atoms with Gasteiger partial charge in [0.25, 0.3) is 11.8 Å². The highest BCUT2D eigenvalue weighted by molar-refractivity contribution is 8.02. The number of halogens is 1. The SMILES string of the molecule is CSC1=CC(Oc2ncc(F)cc2C(=O)NC2CCN(C(=O)COC(C)=O)CC2)=CC=CC1. The number of aromatic nitrogens is 1. The average molecular weight is 476 g/mol. The molecule has 0 spiro atoms. The fourth-order valence-corrected chi connectivity index (χ4v) is 3.89. The second kappa shape index (κ2) is 11.6. The van der Waals surface area contributed by atoms with Crippen LogP contribution < -0.4 is 10.1 Å². The van der Waals surface area contributed by atoms with Gasteiger partial charge in [-0.25, -0.2) is 9.37 Å². The fourth-order valence-electron chi connectivity index (χ4n) is 3.39. The van der Waals surface area contributed by atoms with E-state index in [1.165, 1.54) is 6.92 Å². The molecule has 2 aliphatic rings. The smallest absolute Gasteiger partial charge is 0.303 e. The van der Waals surface area contributed by atoms with Crippen molar-refractivity contribution in [3.05, 3.63) is 58.6 Å². The zero-order valence-electron chi connectivity index (χ0n) is 18.5. The van der Waals surface area contributed by atoms with E-state index in [-0.39, 0.29) is 30.0 Å². The van der Waals surface area contributed by atoms with Crippen LogP contribution in [0.3, 0.4) is 0 Å². The van der Waals surface area contributed by atoms with Crippen LogP contribution in [0.5, 0.6) is 5.88 Å². The summed E-state index contributed by atoms with van der Waals surface area (Å²) in [4.78, 5) is 42.5. The van der Waals surface area contributed by atoms with E-state index in [4.69, 9.17) is 9.47 Å². The number of esters is 1. The van der Waals surface area contributed by atoms with Gasteiger partial charge in [0.15, 0.2) is 6.61 Å². The van der Waals surface area contributed by atoms with Crippen LogP contribution in [0.15, 0.2) is 47.2 Å². The molecule has 10 heteroatoms. The van der Waals surface area contributed by atoms with Crippen molar-refractivity contribution in [2.75, 3.05) is 26.0 Å². The normalized spacial score (nSPS) is 16.4. The molecule has 33 heavy (non-hydrogen) atoms. The van der Waals surface area contributed by atoms with E-state index in [1.807, 2.05) is 24.5 Å². The Morgan fingerprint density at radius 3 is 2.76 bits per heavy atom. The Balaban J connectivity index is 1.63. The van der Waals surface area contributed by atoms with E-state index >= 15 is 0 Å². The van der Waals surface area contributed by atoms with Gasteiger partial charge in [-0.1, -0.05) is 12.2 Å². The Morgan fingerprint density at radius 2 is 2.06 bits per heavy atom. The molecule has 0 unspecified atom stereocenters. The van der Waals surface area contributed by atoms with Crippen molar-refractivity contribution in [3.63, 3.8) is 0 Å². The molecule has 1 aliphatic heterocycles. The third-order valence-electron chi connectivity index (χ3n) is 5.14. The molecule has 1 aromatic heterocycles. The predicted octanol–water partition coefficient (Wildman–Crippen LogP) is 2.97. The molecule has 0 atom stereocenters. The highest BCUT2D eigenvalue weighted by Gasteiger charge is 2.26. The number of nitrogens with zero attached hydrogens (tertiary/aromatic N) is 2. The highest BCUT2D eigenvalue weighted by Crippen LogP contribution is 2.25. The zero-order valence-corrected chi connectivity index (χ0v) is 19.3. The standard InChI is InChI=1S/C23H26FN3O5S/c1-15(28)31-14-21(29)27-9-7-17(8-10-27)26-22(30)20-11-16(24)13-25-23(20)32-18-5-3-4-6-19(12-18)33-2/h3-5,11-13,17H,6-10,14H2,1-2H3,(H,26,30). The van der Waals surface area contributed by atoms with Crippen LogP contribution in [0.1, 0.15) is 36.5 Å². The molecule has 0 aromatic carbocycles. The van der Waals surface area contributed by atoms with Crippen LogP contribution in [-0.4, -0.2) is 59.7 Å². The van der Waals surface area contributed by atoms with Crippen LogP contribution in [0.25, 0.3) is 0 Å². The molecule has 1 fully saturated rings. The largest absolute Gasteiger partial charge is 0.456 e. The maximum atomic E-state index is 13.9. The lowest BCUT2D eigenvalue weighted by atomic mass is 10.0. The number of rotatable bonds is 7. The van der Waals surface area contributed by atoms with Gasteiger partial charge in [0.1, 0.15) is 17.1 Å². The molecule has 8 nitrogen and oxygen atoms in total. The van der Waals surface area contributed by atoms with Crippen LogP contribution in [0.2, 0.25) is 0 Å². The maximum Gasteiger partial charge on any atom is 0.303 e. The molecule has 1 N–H and O–H groups in total. The van der Waals surface area contributed by atoms with Crippen molar-refractivity contribution in [2.24, 2.45) is 0 Å². The van der Waals surface area contributed by atoms with Gasteiger partial charge in [-0.15, -0.1) is 11.8 Å². The number of carbonyl (C=O) groups excluding carboxylic acids is 3. The van der Waals surface area contributed by atoms with E-state index in [2.05, 4.69) is 10.3 Å². The van der Waals surface area contributed by atoms with Gasteiger partial charge in [0.2, 0.25) is 5.88 Å². The Kier molecular flexibility index (Phi) is 8.65. The van der Waals surface area contributed by atoms with Crippen molar-refractivity contribution in [1.82, 2.24) is 15.2 Å². The number of allylic oxidation sites excluding steroid dienone is 5. The second-order valence-electron chi connectivity index (χ2n) is 7.53. The first-order valence-electron chi connectivity index (χ1n) is 10.5. The predicted molar refractivity (Wildman–Crippen MR) is 122 cm³/mol. The van der Waals surface area contributed by atoms with E-state index < -0.39 is 17.7 Å². The van der Waals surface area contributed by atoms with Crippen LogP contribution in [0.4, 0.5) is 4.39 Å². The first-order valence-corrected chi connectivity index (χ1v) is 11.7. The summed E-state index contributed by atoms with van der Waals surface area (Å²) in [5.74, 6) is -1.41. The van der Waals surface area contributed by atoms with Crippen LogP contribution in [-0.2, 0) is 14.3 Å². The molecule has 1 aromatic rings. The first-order chi connectivity index (χ1) is 15.9. The minimum atomic E-state index is -0.645. The van der Waals surface area contributed by atoms with Gasteiger partial charge in [-0.05, 0) is 48.6 Å². The van der Waals surface area contributed by atoms with E-state index in [1.54, 1.807) is 22.7 Å². The van der Waals surface area contributed by atoms with Crippen molar-refractivity contribution in [2.45, 2.75) is 32.2 Å². The topological polar surface area (TPSA) is 97.8 Å². The number of hydrogen-bond donors (Lipinski definition) is 1. The first kappa shape index (κ1) is 24.5. The van der Waals surface area contributed by atoms with Crippen molar-refractivity contribution in [3.8, 4) is 5.88 Å². The number of nitrogens with one attached hydrogen (secondary N) is 1. The number of thioether (sulfide) groups is 1. The number of likely N-dealkylation sites (tertiary alicyclic amines) is 1. The summed E-state index contributed by atoms with van der Waals surface area (Å²) in [6.45, 7) is 1.78. The van der Waals surface area contributed by atoms with E-state index in [9.17, 15) is 18.8 Å². The third-order valence-corrected chi connectivity index (χ3v) is 5.95. The van der Waals surface area contributed by atoms with E-state index in [0.717, 1.165) is 23.6 Å². The second-order valence-corrected chi connectivity index (χ2v) is 8.47. The molecule has 176 valence electrons. The summed E-state index contributed by atoms with van der Waals surface area (Å²) in [5.41, 5.74) is -0.00316. The Morgan fingerprint density at radius 1 is 1.30 bits per heavy atom. The molecule has 1 aliphatic carbocycles. The Labute approximate surface area is 195 Å². The van der Waals surface area contributed by atoms with Gasteiger partial charge in [-0.3, -0.25) is 14.4 Å². The lowest BCUT2D eigenvalue weighted by molar-refractivity contribution is -0.150. The summed E-state index contributed by atoms with van der Waals surface area (Å²) < 4.78 is 24.5. The average Bonchev–Trinajstić information content (AvgIpc) is 3.04. The Bertz CT molecular complexity index is 1000. The zero-order chi connectivity index (χ0) is 23.8. The quantitative estimate of drug-likeness (QED) is 0.606.